The summed E-state index contributed by atoms with van der Waals surface area (Å²) in [4.78, 5) is 9.61. The molecule has 0 bridgehead atoms. The fraction of sp³-hybridized carbons (Fsp3) is 0.448. The topological polar surface area (TPSA) is 103 Å². The largest absolute Gasteiger partial charge is 0.389 e. The first-order chi connectivity index (χ1) is 16.7. The van der Waals surface area contributed by atoms with Crippen molar-refractivity contribution in [3.63, 3.8) is 0 Å². The number of unbranched alkanes of at least 4 members (excludes halogenated alkanes) is 1. The number of hydrogen-bond acceptors (Lipinski definition) is 5. The second kappa shape index (κ2) is 9.25. The molecule has 4 aromatic rings. The van der Waals surface area contributed by atoms with Crippen LogP contribution in [0.5, 0.6) is 0 Å². The predicted molar refractivity (Wildman–Crippen MR) is 143 cm³/mol. The van der Waals surface area contributed by atoms with Crippen LogP contribution in [0.25, 0.3) is 21.9 Å². The maximum atomic E-state index is 10.6. The van der Waals surface area contributed by atoms with Gasteiger partial charge in [-0.15, -0.1) is 0 Å². The standard InChI is InChI=1S/C29H37N5O/c1-4-5-9-25-33-26-27(34(25)17-29(2,3)35)21-13-11-19(16-24(21)32-28(26)31)14-18-10-12-20-7-6-8-23(30)22(20)15-18/h10-13,15-16,23,35H,4-9,14,17,30H2,1-3H3,(H2,31,32). The molecule has 0 amide bonds. The number of hydrogen-bond donors (Lipinski definition) is 3. The molecule has 5 rings (SSSR count). The van der Waals surface area contributed by atoms with Crippen molar-refractivity contribution in [3.8, 4) is 0 Å². The zero-order chi connectivity index (χ0) is 24.7. The Hall–Kier alpha value is -2.96. The van der Waals surface area contributed by atoms with E-state index in [1.165, 1.54) is 28.7 Å². The first kappa shape index (κ1) is 23.8. The van der Waals surface area contributed by atoms with Crippen molar-refractivity contribution in [1.29, 1.82) is 0 Å². The highest BCUT2D eigenvalue weighted by Gasteiger charge is 2.22. The normalized spacial score (nSPS) is 16.2. The second-order valence-corrected chi connectivity index (χ2v) is 10.8. The third kappa shape index (κ3) is 4.78. The van der Waals surface area contributed by atoms with Crippen LogP contribution in [-0.4, -0.2) is 25.2 Å². The van der Waals surface area contributed by atoms with Crippen LogP contribution in [0, 0.1) is 0 Å². The highest BCUT2D eigenvalue weighted by atomic mass is 16.3. The molecule has 1 aliphatic carbocycles. The van der Waals surface area contributed by atoms with Gasteiger partial charge in [-0.1, -0.05) is 43.7 Å². The highest BCUT2D eigenvalue weighted by molar-refractivity contribution is 6.06. The number of aryl methyl sites for hydroxylation is 2. The highest BCUT2D eigenvalue weighted by Crippen LogP contribution is 2.32. The summed E-state index contributed by atoms with van der Waals surface area (Å²) in [6.45, 7) is 6.29. The van der Waals surface area contributed by atoms with Crippen LogP contribution in [0.3, 0.4) is 0 Å². The number of imidazole rings is 1. The molecular weight excluding hydrogens is 434 g/mol. The smallest absolute Gasteiger partial charge is 0.152 e. The number of nitrogen functional groups attached to an aromatic ring is 1. The van der Waals surface area contributed by atoms with Crippen molar-refractivity contribution < 1.29 is 5.11 Å². The zero-order valence-electron chi connectivity index (χ0n) is 21.1. The lowest BCUT2D eigenvalue weighted by atomic mass is 9.86. The molecular formula is C29H37N5O. The van der Waals surface area contributed by atoms with Crippen molar-refractivity contribution in [3.05, 3.63) is 64.5 Å². The van der Waals surface area contributed by atoms with E-state index in [1.807, 2.05) is 13.8 Å². The number of benzene rings is 2. The van der Waals surface area contributed by atoms with Gasteiger partial charge in [-0.2, -0.15) is 0 Å². The molecule has 2 aromatic carbocycles. The lowest BCUT2D eigenvalue weighted by Gasteiger charge is -2.23. The predicted octanol–water partition coefficient (Wildman–Crippen LogP) is 5.21. The Bertz CT molecular complexity index is 1380. The van der Waals surface area contributed by atoms with Crippen LogP contribution in [-0.2, 0) is 25.8 Å². The minimum absolute atomic E-state index is 0.142. The molecule has 0 aliphatic heterocycles. The van der Waals surface area contributed by atoms with Crippen LogP contribution in [0.1, 0.15) is 80.6 Å². The molecule has 6 nitrogen and oxygen atoms in total. The van der Waals surface area contributed by atoms with Gasteiger partial charge in [-0.3, -0.25) is 0 Å². The Morgan fingerprint density at radius 1 is 1.11 bits per heavy atom. The molecule has 0 fully saturated rings. The van der Waals surface area contributed by atoms with Crippen molar-refractivity contribution in [2.24, 2.45) is 5.73 Å². The molecule has 1 unspecified atom stereocenters. The summed E-state index contributed by atoms with van der Waals surface area (Å²) in [5, 5.41) is 11.7. The number of nitrogens with zero attached hydrogens (tertiary/aromatic N) is 3. The van der Waals surface area contributed by atoms with E-state index in [2.05, 4.69) is 47.9 Å². The van der Waals surface area contributed by atoms with Crippen LogP contribution in [0.4, 0.5) is 5.82 Å². The molecule has 2 heterocycles. The monoisotopic (exact) mass is 471 g/mol. The maximum Gasteiger partial charge on any atom is 0.152 e. The quantitative estimate of drug-likeness (QED) is 0.343. The van der Waals surface area contributed by atoms with E-state index in [-0.39, 0.29) is 6.04 Å². The van der Waals surface area contributed by atoms with E-state index in [0.717, 1.165) is 66.3 Å². The van der Waals surface area contributed by atoms with Gasteiger partial charge in [0.2, 0.25) is 0 Å². The number of anilines is 1. The Kier molecular flexibility index (Phi) is 6.28. The molecule has 1 aliphatic rings. The summed E-state index contributed by atoms with van der Waals surface area (Å²) in [6.07, 6.45) is 7.14. The summed E-state index contributed by atoms with van der Waals surface area (Å²) in [7, 11) is 0. The lowest BCUT2D eigenvalue weighted by Crippen LogP contribution is -2.27. The summed E-state index contributed by atoms with van der Waals surface area (Å²) in [5.41, 5.74) is 19.6. The number of pyridine rings is 1. The van der Waals surface area contributed by atoms with Gasteiger partial charge >= 0.3 is 0 Å². The molecule has 0 saturated carbocycles. The van der Waals surface area contributed by atoms with Gasteiger partial charge in [0, 0.05) is 17.8 Å². The number of fused-ring (bicyclic) bond motifs is 4. The molecule has 1 atom stereocenters. The third-order valence-electron chi connectivity index (χ3n) is 7.13. The van der Waals surface area contributed by atoms with Gasteiger partial charge in [-0.25, -0.2) is 9.97 Å². The van der Waals surface area contributed by atoms with E-state index >= 15 is 0 Å². The molecule has 5 N–H and O–H groups in total. The second-order valence-electron chi connectivity index (χ2n) is 10.8. The number of rotatable bonds is 7. The Balaban J connectivity index is 1.57. The number of aromatic nitrogens is 3. The molecule has 2 aromatic heterocycles. The average Bonchev–Trinajstić information content (AvgIpc) is 3.15. The van der Waals surface area contributed by atoms with Crippen LogP contribution >= 0.6 is 0 Å². The van der Waals surface area contributed by atoms with Gasteiger partial charge in [0.05, 0.1) is 23.2 Å². The van der Waals surface area contributed by atoms with Crippen molar-refractivity contribution >= 4 is 27.8 Å². The third-order valence-corrected chi connectivity index (χ3v) is 7.13. The maximum absolute atomic E-state index is 10.6. The summed E-state index contributed by atoms with van der Waals surface area (Å²) in [5.74, 6) is 1.40. The van der Waals surface area contributed by atoms with Crippen molar-refractivity contribution in [2.75, 3.05) is 5.73 Å². The van der Waals surface area contributed by atoms with Crippen molar-refractivity contribution in [1.82, 2.24) is 14.5 Å². The van der Waals surface area contributed by atoms with E-state index in [0.29, 0.717) is 12.4 Å². The van der Waals surface area contributed by atoms with Gasteiger partial charge in [-0.05, 0) is 74.3 Å². The fourth-order valence-electron chi connectivity index (χ4n) is 5.43. The summed E-state index contributed by atoms with van der Waals surface area (Å²) in [6, 6.07) is 13.3. The minimum atomic E-state index is -0.869. The summed E-state index contributed by atoms with van der Waals surface area (Å²) < 4.78 is 2.15. The Morgan fingerprint density at radius 3 is 2.66 bits per heavy atom. The van der Waals surface area contributed by atoms with Crippen molar-refractivity contribution in [2.45, 2.75) is 83.9 Å². The Labute approximate surface area is 207 Å². The molecule has 0 radical (unpaired) electrons. The molecule has 0 spiro atoms. The Morgan fingerprint density at radius 2 is 1.89 bits per heavy atom. The number of nitrogens with two attached hydrogens (primary N) is 2. The molecule has 0 saturated heterocycles. The van der Waals surface area contributed by atoms with Crippen LogP contribution in [0.15, 0.2) is 36.4 Å². The minimum Gasteiger partial charge on any atom is -0.389 e. The van der Waals surface area contributed by atoms with Gasteiger partial charge in [0.25, 0.3) is 0 Å². The SMILES string of the molecule is CCCCc1nc2c(N)nc3cc(Cc4ccc5c(c4)C(N)CCC5)ccc3c2n1CC(C)(C)O. The van der Waals surface area contributed by atoms with Gasteiger partial charge in [0.1, 0.15) is 11.3 Å². The lowest BCUT2D eigenvalue weighted by molar-refractivity contribution is 0.0618. The molecule has 6 heteroatoms. The summed E-state index contributed by atoms with van der Waals surface area (Å²) >= 11 is 0. The molecule has 35 heavy (non-hydrogen) atoms. The fourth-order valence-corrected chi connectivity index (χ4v) is 5.43. The van der Waals surface area contributed by atoms with E-state index in [4.69, 9.17) is 21.4 Å². The zero-order valence-corrected chi connectivity index (χ0v) is 21.1. The van der Waals surface area contributed by atoms with Crippen LogP contribution in [0.2, 0.25) is 0 Å². The first-order valence-corrected chi connectivity index (χ1v) is 12.9. The van der Waals surface area contributed by atoms with Gasteiger partial charge < -0.3 is 21.1 Å². The average molecular weight is 472 g/mol. The van der Waals surface area contributed by atoms with Crippen LogP contribution < -0.4 is 11.5 Å². The van der Waals surface area contributed by atoms with Gasteiger partial charge in [0.15, 0.2) is 5.82 Å². The molecule has 184 valence electrons. The van der Waals surface area contributed by atoms with E-state index in [9.17, 15) is 5.11 Å². The van der Waals surface area contributed by atoms with E-state index < -0.39 is 5.60 Å². The number of aliphatic hydroxyl groups is 1. The first-order valence-electron chi connectivity index (χ1n) is 12.9. The van der Waals surface area contributed by atoms with E-state index in [1.54, 1.807) is 0 Å².